The largest absolute Gasteiger partial charge is 0.487 e. The quantitative estimate of drug-likeness (QED) is 0.763. The van der Waals surface area contributed by atoms with E-state index in [-0.39, 0.29) is 29.3 Å². The van der Waals surface area contributed by atoms with Crippen LogP contribution in [0.2, 0.25) is 0 Å². The number of hydrogen-bond donors (Lipinski definition) is 0. The Morgan fingerprint density at radius 1 is 1.11 bits per heavy atom. The van der Waals surface area contributed by atoms with Crippen LogP contribution in [0.4, 0.5) is 0 Å². The molecule has 2 atom stereocenters. The van der Waals surface area contributed by atoms with Crippen LogP contribution in [-0.2, 0) is 0 Å². The summed E-state index contributed by atoms with van der Waals surface area (Å²) in [6.07, 6.45) is 5.33. The Bertz CT molecular complexity index is 893. The molecule has 142 valence electrons. The van der Waals surface area contributed by atoms with Crippen LogP contribution in [0.15, 0.2) is 47.4 Å². The van der Waals surface area contributed by atoms with Crippen molar-refractivity contribution in [1.29, 1.82) is 0 Å². The summed E-state index contributed by atoms with van der Waals surface area (Å²) in [5.41, 5.74) is 1.30. The number of amides is 1. The van der Waals surface area contributed by atoms with Crippen molar-refractivity contribution < 1.29 is 9.53 Å². The summed E-state index contributed by atoms with van der Waals surface area (Å²) in [7, 11) is 1.81. The average molecular weight is 367 g/mol. The number of benzene rings is 1. The van der Waals surface area contributed by atoms with E-state index in [1.54, 1.807) is 11.1 Å². The zero-order chi connectivity index (χ0) is 19.0. The lowest BCUT2D eigenvalue weighted by atomic mass is 10.1. The Morgan fingerprint density at radius 3 is 2.63 bits per heavy atom. The van der Waals surface area contributed by atoms with E-state index in [0.717, 1.165) is 25.7 Å². The number of carbonyl (C=O) groups excluding carboxylic acids is 1. The fraction of sp³-hybridized carbons (Fsp3) is 0.429. The molecule has 3 heterocycles. The first-order chi connectivity index (χ1) is 13.1. The minimum absolute atomic E-state index is 0.0267. The number of nitrogens with zero attached hydrogens (tertiary/aromatic N) is 3. The summed E-state index contributed by atoms with van der Waals surface area (Å²) in [5, 5.41) is 2.21. The predicted molar refractivity (Wildman–Crippen MR) is 104 cm³/mol. The fourth-order valence-corrected chi connectivity index (χ4v) is 4.10. The Balaban J connectivity index is 1.81. The SMILES string of the molecule is CCCCOc1c2n(ccc1=O)N1C(c3ccccc3)CCC1N(C)C2=O. The minimum Gasteiger partial charge on any atom is -0.487 e. The number of unbranched alkanes of at least 4 members (excludes halogenated alkanes) is 1. The maximum Gasteiger partial charge on any atom is 0.277 e. The molecule has 0 N–H and O–H groups in total. The van der Waals surface area contributed by atoms with Gasteiger partial charge in [-0.2, -0.15) is 0 Å². The third kappa shape index (κ3) is 2.89. The second kappa shape index (κ2) is 7.10. The Labute approximate surface area is 158 Å². The summed E-state index contributed by atoms with van der Waals surface area (Å²) in [5.74, 6) is 0.00845. The van der Waals surface area contributed by atoms with E-state index >= 15 is 0 Å². The molecule has 2 aliphatic rings. The second-order valence-electron chi connectivity index (χ2n) is 7.18. The van der Waals surface area contributed by atoms with Crippen LogP contribution in [0, 0.1) is 0 Å². The molecule has 0 spiro atoms. The maximum absolute atomic E-state index is 13.1. The van der Waals surface area contributed by atoms with E-state index in [0.29, 0.717) is 12.3 Å². The average Bonchev–Trinajstić information content (AvgIpc) is 3.13. The highest BCUT2D eigenvalue weighted by molar-refractivity contribution is 5.96. The van der Waals surface area contributed by atoms with Crippen molar-refractivity contribution in [3.8, 4) is 5.75 Å². The van der Waals surface area contributed by atoms with Crippen molar-refractivity contribution >= 4 is 5.91 Å². The zero-order valence-electron chi connectivity index (χ0n) is 15.8. The lowest BCUT2D eigenvalue weighted by Crippen LogP contribution is -2.57. The molecule has 1 fully saturated rings. The summed E-state index contributed by atoms with van der Waals surface area (Å²) in [6, 6.07) is 12.0. The van der Waals surface area contributed by atoms with Gasteiger partial charge in [0.1, 0.15) is 6.17 Å². The van der Waals surface area contributed by atoms with Crippen molar-refractivity contribution in [2.45, 2.75) is 44.8 Å². The number of pyridine rings is 1. The van der Waals surface area contributed by atoms with Gasteiger partial charge in [-0.1, -0.05) is 43.7 Å². The van der Waals surface area contributed by atoms with Crippen LogP contribution in [0.1, 0.15) is 54.7 Å². The Kier molecular flexibility index (Phi) is 4.64. The van der Waals surface area contributed by atoms with Gasteiger partial charge in [-0.25, -0.2) is 0 Å². The minimum atomic E-state index is -0.243. The van der Waals surface area contributed by atoms with Gasteiger partial charge in [0.25, 0.3) is 5.91 Å². The molecule has 0 aliphatic carbocycles. The summed E-state index contributed by atoms with van der Waals surface area (Å²) in [6.45, 7) is 2.50. The van der Waals surface area contributed by atoms with Gasteiger partial charge in [0.05, 0.1) is 12.6 Å². The summed E-state index contributed by atoms with van der Waals surface area (Å²) < 4.78 is 7.62. The van der Waals surface area contributed by atoms with Gasteiger partial charge in [-0.3, -0.25) is 19.3 Å². The maximum atomic E-state index is 13.1. The predicted octanol–water partition coefficient (Wildman–Crippen LogP) is 2.91. The number of hydrogen-bond acceptors (Lipinski definition) is 4. The van der Waals surface area contributed by atoms with E-state index in [2.05, 4.69) is 24.1 Å². The van der Waals surface area contributed by atoms with Crippen molar-refractivity contribution in [2.24, 2.45) is 0 Å². The molecule has 1 amide bonds. The second-order valence-corrected chi connectivity index (χ2v) is 7.18. The van der Waals surface area contributed by atoms with Crippen LogP contribution in [-0.4, -0.2) is 35.3 Å². The van der Waals surface area contributed by atoms with Gasteiger partial charge in [0, 0.05) is 19.3 Å². The molecular weight excluding hydrogens is 342 g/mol. The molecule has 6 nitrogen and oxygen atoms in total. The van der Waals surface area contributed by atoms with Crippen LogP contribution < -0.4 is 15.2 Å². The van der Waals surface area contributed by atoms with E-state index in [4.69, 9.17) is 4.74 Å². The summed E-state index contributed by atoms with van der Waals surface area (Å²) in [4.78, 5) is 27.3. The fourth-order valence-electron chi connectivity index (χ4n) is 4.10. The first-order valence-corrected chi connectivity index (χ1v) is 9.62. The number of ether oxygens (including phenoxy) is 1. The van der Waals surface area contributed by atoms with Gasteiger partial charge in [-0.05, 0) is 24.8 Å². The molecule has 2 aromatic rings. The molecule has 0 saturated carbocycles. The standard InChI is InChI=1S/C21H25N3O3/c1-3-4-14-27-20-17(25)12-13-23-19(20)21(26)22(2)18-11-10-16(24(18)23)15-8-6-5-7-9-15/h5-9,12-13,16,18H,3-4,10-11,14H2,1-2H3. The van der Waals surface area contributed by atoms with Gasteiger partial charge >= 0.3 is 0 Å². The molecule has 4 rings (SSSR count). The highest BCUT2D eigenvalue weighted by Gasteiger charge is 2.45. The first-order valence-electron chi connectivity index (χ1n) is 9.62. The summed E-state index contributed by atoms with van der Waals surface area (Å²) >= 11 is 0. The van der Waals surface area contributed by atoms with Gasteiger partial charge in [0.15, 0.2) is 11.4 Å². The Hall–Kier alpha value is -2.76. The normalized spacial score (nSPS) is 21.2. The van der Waals surface area contributed by atoms with Crippen LogP contribution >= 0.6 is 0 Å². The van der Waals surface area contributed by atoms with Crippen LogP contribution in [0.3, 0.4) is 0 Å². The molecule has 6 heteroatoms. The van der Waals surface area contributed by atoms with Gasteiger partial charge < -0.3 is 9.64 Å². The molecule has 0 bridgehead atoms. The van der Waals surface area contributed by atoms with E-state index in [1.807, 2.05) is 29.9 Å². The smallest absolute Gasteiger partial charge is 0.277 e. The zero-order valence-corrected chi connectivity index (χ0v) is 15.8. The van der Waals surface area contributed by atoms with Crippen molar-refractivity contribution in [2.75, 3.05) is 18.7 Å². The third-order valence-electron chi connectivity index (χ3n) is 5.51. The topological polar surface area (TPSA) is 54.8 Å². The molecule has 0 radical (unpaired) electrons. The lowest BCUT2D eigenvalue weighted by molar-refractivity contribution is 0.0646. The van der Waals surface area contributed by atoms with Crippen LogP contribution in [0.25, 0.3) is 0 Å². The Morgan fingerprint density at radius 2 is 1.89 bits per heavy atom. The van der Waals surface area contributed by atoms with Crippen molar-refractivity contribution in [3.63, 3.8) is 0 Å². The van der Waals surface area contributed by atoms with Crippen molar-refractivity contribution in [1.82, 2.24) is 9.58 Å². The third-order valence-corrected chi connectivity index (χ3v) is 5.51. The highest BCUT2D eigenvalue weighted by Crippen LogP contribution is 2.39. The monoisotopic (exact) mass is 367 g/mol. The van der Waals surface area contributed by atoms with E-state index < -0.39 is 0 Å². The van der Waals surface area contributed by atoms with E-state index in [9.17, 15) is 9.59 Å². The van der Waals surface area contributed by atoms with Crippen LogP contribution in [0.5, 0.6) is 5.75 Å². The van der Waals surface area contributed by atoms with Gasteiger partial charge in [0.2, 0.25) is 5.43 Å². The number of carbonyl (C=O) groups is 1. The number of fused-ring (bicyclic) bond motifs is 3. The molecule has 2 aliphatic heterocycles. The lowest BCUT2D eigenvalue weighted by Gasteiger charge is -2.44. The molecule has 2 unspecified atom stereocenters. The first kappa shape index (κ1) is 17.6. The molecule has 1 aromatic carbocycles. The highest BCUT2D eigenvalue weighted by atomic mass is 16.5. The number of aromatic nitrogens is 1. The van der Waals surface area contributed by atoms with E-state index in [1.165, 1.54) is 11.6 Å². The van der Waals surface area contributed by atoms with Crippen molar-refractivity contribution in [3.05, 3.63) is 64.1 Å². The molecule has 1 saturated heterocycles. The number of rotatable bonds is 5. The molecular formula is C21H25N3O3. The molecule has 1 aromatic heterocycles. The van der Waals surface area contributed by atoms with Gasteiger partial charge in [-0.15, -0.1) is 0 Å². The molecule has 27 heavy (non-hydrogen) atoms.